The Labute approximate surface area is 223 Å². The van der Waals surface area contributed by atoms with Crippen LogP contribution in [-0.2, 0) is 16.1 Å². The number of rotatable bonds is 10. The monoisotopic (exact) mass is 521 g/mol. The number of methoxy groups -OCH3 is 1. The third kappa shape index (κ3) is 4.78. The number of fused-ring (bicyclic) bond motifs is 2. The molecule has 202 valence electrons. The highest BCUT2D eigenvalue weighted by Gasteiger charge is 2.39. The van der Waals surface area contributed by atoms with Gasteiger partial charge in [-0.05, 0) is 49.2 Å². The highest BCUT2D eigenvalue weighted by atomic mass is 16.5. The van der Waals surface area contributed by atoms with Gasteiger partial charge in [-0.25, -0.2) is 4.79 Å². The molecule has 2 N–H and O–H groups in total. The van der Waals surface area contributed by atoms with Crippen molar-refractivity contribution in [1.82, 2.24) is 10.2 Å². The van der Waals surface area contributed by atoms with Crippen molar-refractivity contribution < 1.29 is 23.9 Å². The number of hydrogen-bond donors (Lipinski definition) is 2. The lowest BCUT2D eigenvalue weighted by atomic mass is 10.0. The van der Waals surface area contributed by atoms with E-state index in [1.807, 2.05) is 35.9 Å². The molecule has 4 rings (SSSR count). The van der Waals surface area contributed by atoms with Crippen LogP contribution in [-0.4, -0.2) is 75.5 Å². The van der Waals surface area contributed by atoms with E-state index in [1.54, 1.807) is 30.1 Å². The van der Waals surface area contributed by atoms with E-state index in [0.717, 1.165) is 29.8 Å². The summed E-state index contributed by atoms with van der Waals surface area (Å²) in [7, 11) is 4.75. The number of Topliss-reactive ketones (excluding diaryl/α,β-unsaturated/α-hetero) is 1. The van der Waals surface area contributed by atoms with Crippen molar-refractivity contribution in [2.75, 3.05) is 50.7 Å². The van der Waals surface area contributed by atoms with E-state index in [2.05, 4.69) is 12.2 Å². The summed E-state index contributed by atoms with van der Waals surface area (Å²) in [5.41, 5.74) is 3.99. The van der Waals surface area contributed by atoms with Crippen LogP contribution in [0.4, 0.5) is 11.4 Å². The smallest absolute Gasteiger partial charge is 0.349 e. The van der Waals surface area contributed by atoms with Crippen molar-refractivity contribution in [1.29, 1.82) is 5.41 Å². The zero-order valence-electron chi connectivity index (χ0n) is 22.6. The Morgan fingerprint density at radius 1 is 1.13 bits per heavy atom. The number of nitrogens with zero attached hydrogens (tertiary/aromatic N) is 3. The number of esters is 1. The van der Waals surface area contributed by atoms with Crippen molar-refractivity contribution >= 4 is 34.9 Å². The van der Waals surface area contributed by atoms with Crippen molar-refractivity contribution in [2.24, 2.45) is 0 Å². The highest BCUT2D eigenvalue weighted by molar-refractivity contribution is 6.08. The second-order valence-electron chi connectivity index (χ2n) is 9.40. The van der Waals surface area contributed by atoms with Crippen LogP contribution < -0.4 is 19.9 Å². The first-order valence-electron chi connectivity index (χ1n) is 12.9. The number of carbonyl (C=O) groups is 3. The molecule has 38 heavy (non-hydrogen) atoms. The van der Waals surface area contributed by atoms with Gasteiger partial charge in [0.2, 0.25) is 6.17 Å². The van der Waals surface area contributed by atoms with Crippen LogP contribution in [0.5, 0.6) is 5.75 Å². The van der Waals surface area contributed by atoms with Crippen LogP contribution in [0, 0.1) is 5.41 Å². The van der Waals surface area contributed by atoms with E-state index in [1.165, 1.54) is 7.11 Å². The summed E-state index contributed by atoms with van der Waals surface area (Å²) in [6.07, 6.45) is 1.33. The molecule has 2 aromatic carbocycles. The molecule has 0 aromatic heterocycles. The molecule has 0 bridgehead atoms. The molecule has 2 aliphatic rings. The molecule has 1 atom stereocenters. The molecular formula is C28H35N5O5. The number of benzene rings is 2. The van der Waals surface area contributed by atoms with Crippen LogP contribution in [0.3, 0.4) is 0 Å². The van der Waals surface area contributed by atoms with Gasteiger partial charge in [0.25, 0.3) is 5.91 Å². The van der Waals surface area contributed by atoms with Crippen molar-refractivity contribution in [3.05, 3.63) is 52.6 Å². The van der Waals surface area contributed by atoms with Crippen molar-refractivity contribution in [2.45, 2.75) is 39.4 Å². The van der Waals surface area contributed by atoms with Gasteiger partial charge >= 0.3 is 5.97 Å². The van der Waals surface area contributed by atoms with Gasteiger partial charge < -0.3 is 29.5 Å². The van der Waals surface area contributed by atoms with Crippen LogP contribution >= 0.6 is 0 Å². The fourth-order valence-electron chi connectivity index (χ4n) is 5.07. The first-order chi connectivity index (χ1) is 18.2. The van der Waals surface area contributed by atoms with Crippen molar-refractivity contribution in [3.63, 3.8) is 0 Å². The van der Waals surface area contributed by atoms with E-state index < -0.39 is 6.17 Å². The van der Waals surface area contributed by atoms with E-state index in [-0.39, 0.29) is 30.0 Å². The average Bonchev–Trinajstić information content (AvgIpc) is 3.38. The maximum atomic E-state index is 13.4. The molecule has 0 fully saturated rings. The van der Waals surface area contributed by atoms with Gasteiger partial charge in [0.1, 0.15) is 11.6 Å². The Kier molecular flexibility index (Phi) is 7.89. The SMILES string of the molecule is CCCCN1c2ccc(C(=O)CN3Cc4cc(OCC)c(C(=O)NC)cc4C3=N)cc2N(C)C1C(=O)OC. The largest absolute Gasteiger partial charge is 0.493 e. The summed E-state index contributed by atoms with van der Waals surface area (Å²) in [5, 5.41) is 11.3. The van der Waals surface area contributed by atoms with Gasteiger partial charge in [0.05, 0.1) is 37.2 Å². The van der Waals surface area contributed by atoms with Gasteiger partial charge in [-0.1, -0.05) is 13.3 Å². The normalized spacial score (nSPS) is 15.9. The fourth-order valence-corrected chi connectivity index (χ4v) is 5.07. The Morgan fingerprint density at radius 2 is 1.89 bits per heavy atom. The highest BCUT2D eigenvalue weighted by Crippen LogP contribution is 2.40. The predicted molar refractivity (Wildman–Crippen MR) is 145 cm³/mol. The molecule has 2 heterocycles. The molecular weight excluding hydrogens is 486 g/mol. The summed E-state index contributed by atoms with van der Waals surface area (Å²) in [5.74, 6) is -0.133. The van der Waals surface area contributed by atoms with E-state index in [9.17, 15) is 14.4 Å². The standard InChI is InChI=1S/C28H35N5O5/c1-6-8-11-33-21-10-9-17(12-22(21)31(4)27(33)28(36)37-5)23(34)16-32-15-18-13-24(38-7-2)20(26(35)30-3)14-19(18)25(32)29/h9-10,12-14,27,29H,6-8,11,15-16H2,1-5H3,(H,30,35). The molecule has 0 saturated heterocycles. The lowest BCUT2D eigenvalue weighted by Gasteiger charge is -2.28. The Balaban J connectivity index is 1.56. The van der Waals surface area contributed by atoms with Crippen LogP contribution in [0.2, 0.25) is 0 Å². The number of carbonyl (C=O) groups excluding carboxylic acids is 3. The molecule has 2 aromatic rings. The number of amides is 1. The second-order valence-corrected chi connectivity index (χ2v) is 9.40. The van der Waals surface area contributed by atoms with Gasteiger partial charge in [-0.15, -0.1) is 0 Å². The summed E-state index contributed by atoms with van der Waals surface area (Å²) < 4.78 is 10.7. The minimum Gasteiger partial charge on any atom is -0.493 e. The van der Waals surface area contributed by atoms with E-state index >= 15 is 0 Å². The number of ether oxygens (including phenoxy) is 2. The Hall–Kier alpha value is -4.08. The molecule has 0 saturated carbocycles. The van der Waals surface area contributed by atoms with Gasteiger partial charge in [0.15, 0.2) is 5.78 Å². The zero-order valence-corrected chi connectivity index (χ0v) is 22.6. The number of unbranched alkanes of at least 4 members (excludes halogenated alkanes) is 1. The molecule has 1 amide bonds. The lowest BCUT2D eigenvalue weighted by molar-refractivity contribution is -0.142. The fraction of sp³-hybridized carbons (Fsp3) is 0.429. The maximum Gasteiger partial charge on any atom is 0.349 e. The van der Waals surface area contributed by atoms with E-state index in [0.29, 0.717) is 42.1 Å². The van der Waals surface area contributed by atoms with Gasteiger partial charge in [-0.3, -0.25) is 15.0 Å². The number of hydrogen-bond acceptors (Lipinski definition) is 8. The average molecular weight is 522 g/mol. The molecule has 0 aliphatic carbocycles. The molecule has 10 heteroatoms. The summed E-state index contributed by atoms with van der Waals surface area (Å²) >= 11 is 0. The number of amidine groups is 1. The molecule has 1 unspecified atom stereocenters. The summed E-state index contributed by atoms with van der Waals surface area (Å²) in [6, 6.07) is 8.91. The number of ketones is 1. The minimum absolute atomic E-state index is 0.00920. The van der Waals surface area contributed by atoms with Crippen LogP contribution in [0.1, 0.15) is 58.5 Å². The third-order valence-corrected chi connectivity index (χ3v) is 7.06. The summed E-state index contributed by atoms with van der Waals surface area (Å²) in [4.78, 5) is 43.9. The molecule has 0 spiro atoms. The van der Waals surface area contributed by atoms with Crippen molar-refractivity contribution in [3.8, 4) is 5.75 Å². The second kappa shape index (κ2) is 11.1. The Morgan fingerprint density at radius 3 is 2.55 bits per heavy atom. The topological polar surface area (TPSA) is 115 Å². The predicted octanol–water partition coefficient (Wildman–Crippen LogP) is 3.02. The third-order valence-electron chi connectivity index (χ3n) is 7.06. The Bertz CT molecular complexity index is 1280. The number of nitrogens with one attached hydrogen (secondary N) is 2. The molecule has 0 radical (unpaired) electrons. The number of anilines is 2. The van der Waals surface area contributed by atoms with Gasteiger partial charge in [0, 0.05) is 38.3 Å². The maximum absolute atomic E-state index is 13.4. The zero-order chi connectivity index (χ0) is 27.6. The number of likely N-dealkylation sites (N-methyl/N-ethyl adjacent to an activating group) is 1. The van der Waals surface area contributed by atoms with Crippen LogP contribution in [0.25, 0.3) is 0 Å². The van der Waals surface area contributed by atoms with Gasteiger partial charge in [-0.2, -0.15) is 0 Å². The summed E-state index contributed by atoms with van der Waals surface area (Å²) in [6.45, 7) is 5.43. The first kappa shape index (κ1) is 27.0. The molecule has 10 nitrogen and oxygen atoms in total. The quantitative estimate of drug-likeness (QED) is 0.362. The first-order valence-corrected chi connectivity index (χ1v) is 12.9. The minimum atomic E-state index is -0.581. The molecule has 2 aliphatic heterocycles. The van der Waals surface area contributed by atoms with E-state index in [4.69, 9.17) is 14.9 Å². The van der Waals surface area contributed by atoms with Crippen LogP contribution in [0.15, 0.2) is 30.3 Å². The lowest BCUT2D eigenvalue weighted by Crippen LogP contribution is -2.48.